The molecule has 6 heteroatoms. The van der Waals surface area contributed by atoms with Gasteiger partial charge in [0.05, 0.1) is 31.8 Å². The zero-order valence-corrected chi connectivity index (χ0v) is 7.09. The predicted molar refractivity (Wildman–Crippen MR) is 42.9 cm³/mol. The molecule has 0 aromatic rings. The zero-order valence-electron chi connectivity index (χ0n) is 7.09. The van der Waals surface area contributed by atoms with Gasteiger partial charge in [0.25, 0.3) is 0 Å². The molecule has 0 aromatic heterocycles. The molecule has 0 fully saturated rings. The molecule has 0 saturated heterocycles. The molecular weight excluding hydrogens is 180 g/mol. The highest BCUT2D eigenvalue weighted by Crippen LogP contribution is 2.11. The van der Waals surface area contributed by atoms with Crippen molar-refractivity contribution in [3.63, 3.8) is 0 Å². The highest BCUT2D eigenvalue weighted by Gasteiger charge is 2.26. The molecule has 0 radical (unpaired) electrons. The topological polar surface area (TPSA) is 115 Å². The molecule has 0 spiro atoms. The van der Waals surface area contributed by atoms with Crippen LogP contribution in [0, 0.1) is 5.41 Å². The minimum absolute atomic E-state index is 0.194. The normalized spacial score (nSPS) is 9.85. The molecular formula is C7H14O6. The molecule has 0 aliphatic rings. The number of rotatable bonds is 5. The van der Waals surface area contributed by atoms with Gasteiger partial charge in [0, 0.05) is 0 Å². The minimum atomic E-state index is -1.11. The average molecular weight is 194 g/mol. The average Bonchev–Trinajstić information content (AvgIpc) is 2.23. The summed E-state index contributed by atoms with van der Waals surface area (Å²) in [4.78, 5) is 17.6. The van der Waals surface area contributed by atoms with Gasteiger partial charge in [0.2, 0.25) is 0 Å². The van der Waals surface area contributed by atoms with Gasteiger partial charge in [0.15, 0.2) is 12.6 Å². The van der Waals surface area contributed by atoms with E-state index in [1.807, 2.05) is 0 Å². The van der Waals surface area contributed by atoms with E-state index >= 15 is 0 Å². The first-order valence-corrected chi connectivity index (χ1v) is 3.48. The number of hydrogen-bond acceptors (Lipinski definition) is 6. The van der Waals surface area contributed by atoms with Gasteiger partial charge in [-0.15, -0.1) is 0 Å². The Hall–Kier alpha value is -0.820. The Morgan fingerprint density at radius 1 is 0.769 bits per heavy atom. The summed E-state index contributed by atoms with van der Waals surface area (Å²) in [6, 6.07) is 0. The van der Waals surface area contributed by atoms with E-state index in [1.54, 1.807) is 0 Å². The predicted octanol–water partition coefficient (Wildman–Crippen LogP) is -2.67. The van der Waals surface area contributed by atoms with Gasteiger partial charge in [-0.1, -0.05) is 0 Å². The van der Waals surface area contributed by atoms with Crippen molar-refractivity contribution in [2.45, 2.75) is 0 Å². The maximum atomic E-state index is 8.81. The first-order chi connectivity index (χ1) is 6.16. The Labute approximate surface area is 75.4 Å². The fourth-order valence-electron chi connectivity index (χ4n) is 0.300. The monoisotopic (exact) mass is 194 g/mol. The van der Waals surface area contributed by atoms with Gasteiger partial charge in [-0.2, -0.15) is 0 Å². The van der Waals surface area contributed by atoms with Gasteiger partial charge >= 0.3 is 0 Å². The summed E-state index contributed by atoms with van der Waals surface area (Å²) in [5.74, 6) is 0. The maximum Gasteiger partial charge on any atom is 0.182 e. The second-order valence-electron chi connectivity index (χ2n) is 2.40. The maximum absolute atomic E-state index is 8.81. The Morgan fingerprint density at radius 2 is 1.00 bits per heavy atom. The summed E-state index contributed by atoms with van der Waals surface area (Å²) >= 11 is 0. The van der Waals surface area contributed by atoms with Crippen LogP contribution in [-0.2, 0) is 9.59 Å². The Balaban J connectivity index is 0. The fraction of sp³-hybridized carbons (Fsp3) is 0.714. The molecule has 6 nitrogen and oxygen atoms in total. The fourth-order valence-corrected chi connectivity index (χ4v) is 0.300. The molecule has 78 valence electrons. The van der Waals surface area contributed by atoms with E-state index in [2.05, 4.69) is 0 Å². The van der Waals surface area contributed by atoms with Crippen LogP contribution in [0.25, 0.3) is 0 Å². The van der Waals surface area contributed by atoms with Crippen molar-refractivity contribution in [2.24, 2.45) is 5.41 Å². The molecule has 0 rings (SSSR count). The highest BCUT2D eigenvalue weighted by atomic mass is 16.3. The molecule has 0 aromatic carbocycles. The summed E-state index contributed by atoms with van der Waals surface area (Å²) in [7, 11) is 0. The largest absolute Gasteiger partial charge is 0.396 e. The second-order valence-corrected chi connectivity index (χ2v) is 2.40. The van der Waals surface area contributed by atoms with E-state index in [0.29, 0.717) is 0 Å². The number of hydrogen-bond donors (Lipinski definition) is 4. The lowest BCUT2D eigenvalue weighted by molar-refractivity contribution is -0.122. The molecule has 0 bridgehead atoms. The van der Waals surface area contributed by atoms with Crippen LogP contribution < -0.4 is 0 Å². The molecule has 0 aliphatic heterocycles. The summed E-state index contributed by atoms with van der Waals surface area (Å²) in [5, 5.41) is 34.0. The van der Waals surface area contributed by atoms with Crippen molar-refractivity contribution in [3.05, 3.63) is 0 Å². The third kappa shape index (κ3) is 6.35. The van der Waals surface area contributed by atoms with Gasteiger partial charge in [-0.3, -0.25) is 9.59 Å². The second kappa shape index (κ2) is 9.27. The smallest absolute Gasteiger partial charge is 0.182 e. The summed E-state index contributed by atoms with van der Waals surface area (Å²) in [6.07, 6.45) is 0.389. The molecule has 0 heterocycles. The first kappa shape index (κ1) is 14.7. The Morgan fingerprint density at radius 3 is 1.00 bits per heavy atom. The van der Waals surface area contributed by atoms with E-state index in [1.165, 1.54) is 0 Å². The van der Waals surface area contributed by atoms with Gasteiger partial charge in [0.1, 0.15) is 0 Å². The van der Waals surface area contributed by atoms with Crippen LogP contribution in [0.15, 0.2) is 0 Å². The van der Waals surface area contributed by atoms with Crippen molar-refractivity contribution in [1.29, 1.82) is 0 Å². The molecule has 13 heavy (non-hydrogen) atoms. The molecule has 0 aliphatic carbocycles. The lowest BCUT2D eigenvalue weighted by atomic mass is 9.93. The van der Waals surface area contributed by atoms with Crippen LogP contribution in [0.5, 0.6) is 0 Å². The van der Waals surface area contributed by atoms with E-state index in [0.717, 1.165) is 0 Å². The van der Waals surface area contributed by atoms with Crippen LogP contribution in [0.2, 0.25) is 0 Å². The van der Waals surface area contributed by atoms with Gasteiger partial charge in [-0.25, -0.2) is 0 Å². The summed E-state index contributed by atoms with van der Waals surface area (Å²) < 4.78 is 0. The zero-order chi connectivity index (χ0) is 10.7. The highest BCUT2D eigenvalue weighted by molar-refractivity contribution is 6.09. The number of carbonyl (C=O) groups excluding carboxylic acids is 2. The Kier molecular flexibility index (Phi) is 10.5. The van der Waals surface area contributed by atoms with Crippen LogP contribution in [0.3, 0.4) is 0 Å². The molecule has 4 N–H and O–H groups in total. The molecule has 0 saturated carbocycles. The van der Waals surface area contributed by atoms with E-state index < -0.39 is 31.8 Å². The molecule has 0 amide bonds. The van der Waals surface area contributed by atoms with E-state index in [-0.39, 0.29) is 12.6 Å². The van der Waals surface area contributed by atoms with Crippen molar-refractivity contribution < 1.29 is 30.0 Å². The number of aliphatic hydroxyl groups is 4. The summed E-state index contributed by atoms with van der Waals surface area (Å²) in [5.41, 5.74) is -1.11. The number of aldehydes is 2. The van der Waals surface area contributed by atoms with E-state index in [4.69, 9.17) is 30.0 Å². The summed E-state index contributed by atoms with van der Waals surface area (Å²) in [6.45, 7) is -1.62. The van der Waals surface area contributed by atoms with Gasteiger partial charge in [-0.05, 0) is 0 Å². The van der Waals surface area contributed by atoms with Crippen molar-refractivity contribution in [3.8, 4) is 0 Å². The SMILES string of the molecule is O=CC=O.OCC(CO)(CO)CO. The van der Waals surface area contributed by atoms with Crippen LogP contribution >= 0.6 is 0 Å². The quantitative estimate of drug-likeness (QED) is 0.280. The third-order valence-corrected chi connectivity index (χ3v) is 1.40. The number of carbonyl (C=O) groups is 2. The van der Waals surface area contributed by atoms with Crippen molar-refractivity contribution in [2.75, 3.05) is 26.4 Å². The standard InChI is InChI=1S/C5H12O4.C2H2O2/c6-1-5(2-7,3-8)4-9;3-1-2-4/h6-9H,1-4H2;1-2H. The molecule has 0 atom stereocenters. The van der Waals surface area contributed by atoms with Crippen LogP contribution in [0.4, 0.5) is 0 Å². The lowest BCUT2D eigenvalue weighted by Crippen LogP contribution is -2.37. The molecule has 0 unspecified atom stereocenters. The third-order valence-electron chi connectivity index (χ3n) is 1.40. The Bertz CT molecular complexity index is 107. The number of aliphatic hydroxyl groups excluding tert-OH is 4. The van der Waals surface area contributed by atoms with Gasteiger partial charge < -0.3 is 20.4 Å². The lowest BCUT2D eigenvalue weighted by Gasteiger charge is -2.23. The first-order valence-electron chi connectivity index (χ1n) is 3.48. The van der Waals surface area contributed by atoms with Crippen molar-refractivity contribution in [1.82, 2.24) is 0 Å². The minimum Gasteiger partial charge on any atom is -0.396 e. The van der Waals surface area contributed by atoms with Crippen LogP contribution in [0.1, 0.15) is 0 Å². The van der Waals surface area contributed by atoms with E-state index in [9.17, 15) is 0 Å². The van der Waals surface area contributed by atoms with Crippen molar-refractivity contribution >= 4 is 12.6 Å². The van der Waals surface area contributed by atoms with Crippen LogP contribution in [-0.4, -0.2) is 59.4 Å².